The van der Waals surface area contributed by atoms with E-state index in [1.165, 1.54) is 28.6 Å². The molecule has 1 aromatic rings. The number of carboxylic acids is 1. The van der Waals surface area contributed by atoms with Crippen LogP contribution in [-0.4, -0.2) is 67.8 Å². The first-order valence-electron chi connectivity index (χ1n) is 7.59. The van der Waals surface area contributed by atoms with Crippen molar-refractivity contribution in [1.82, 2.24) is 9.21 Å². The predicted octanol–water partition coefficient (Wildman–Crippen LogP) is 0.426. The van der Waals surface area contributed by atoms with E-state index in [4.69, 9.17) is 5.11 Å². The maximum absolute atomic E-state index is 12.6. The van der Waals surface area contributed by atoms with Crippen LogP contribution in [0.1, 0.15) is 12.8 Å². The van der Waals surface area contributed by atoms with Crippen LogP contribution >= 0.6 is 0 Å². The maximum atomic E-state index is 12.6. The van der Waals surface area contributed by atoms with E-state index in [0.717, 1.165) is 0 Å². The number of hydrogen-bond acceptors (Lipinski definition) is 5. The fourth-order valence-electron chi connectivity index (χ4n) is 2.33. The lowest BCUT2D eigenvalue weighted by Crippen LogP contribution is -2.46. The molecule has 0 spiro atoms. The normalized spacial score (nSPS) is 16.7. The van der Waals surface area contributed by atoms with Crippen LogP contribution in [0.3, 0.4) is 0 Å². The average Bonchev–Trinajstić information content (AvgIpc) is 2.54. The number of carboxylic acid groups (broad SMARTS) is 1. The van der Waals surface area contributed by atoms with E-state index in [1.807, 2.05) is 7.05 Å². The lowest BCUT2D eigenvalue weighted by atomic mass is 10.2. The molecule has 0 aliphatic carbocycles. The van der Waals surface area contributed by atoms with Crippen LogP contribution in [0.4, 0.5) is 5.69 Å². The number of anilines is 1. The van der Waals surface area contributed by atoms with Gasteiger partial charge in [-0.25, -0.2) is 8.42 Å². The van der Waals surface area contributed by atoms with Gasteiger partial charge in [-0.05, 0) is 31.3 Å². The molecule has 1 saturated heterocycles. The number of aliphatic carboxylic acids is 1. The van der Waals surface area contributed by atoms with E-state index in [1.54, 1.807) is 0 Å². The van der Waals surface area contributed by atoms with Crippen molar-refractivity contribution in [2.75, 3.05) is 38.5 Å². The highest BCUT2D eigenvalue weighted by Gasteiger charge is 2.27. The Morgan fingerprint density at radius 1 is 1.08 bits per heavy atom. The third-order valence-corrected chi connectivity index (χ3v) is 5.72. The number of nitrogens with zero attached hydrogens (tertiary/aromatic N) is 2. The molecular formula is C15H21N3O5S. The zero-order valence-electron chi connectivity index (χ0n) is 13.4. The third-order valence-electron chi connectivity index (χ3n) is 3.80. The molecule has 0 radical (unpaired) electrons. The minimum Gasteiger partial charge on any atom is -0.481 e. The van der Waals surface area contributed by atoms with Gasteiger partial charge in [0.05, 0.1) is 11.3 Å². The smallest absolute Gasteiger partial charge is 0.303 e. The SMILES string of the molecule is CN1CCN(S(=O)(=O)c2ccc(NC(=O)CCC(=O)O)cc2)CC1. The lowest BCUT2D eigenvalue weighted by molar-refractivity contribution is -0.138. The Morgan fingerprint density at radius 3 is 2.21 bits per heavy atom. The summed E-state index contributed by atoms with van der Waals surface area (Å²) in [5.74, 6) is -1.47. The summed E-state index contributed by atoms with van der Waals surface area (Å²) in [6, 6.07) is 5.89. The molecule has 1 amide bonds. The summed E-state index contributed by atoms with van der Waals surface area (Å²) in [6.07, 6.45) is -0.377. The summed E-state index contributed by atoms with van der Waals surface area (Å²) >= 11 is 0. The molecule has 9 heteroatoms. The van der Waals surface area contributed by atoms with E-state index in [2.05, 4.69) is 10.2 Å². The van der Waals surface area contributed by atoms with Crippen molar-refractivity contribution >= 4 is 27.6 Å². The van der Waals surface area contributed by atoms with Crippen LogP contribution in [-0.2, 0) is 19.6 Å². The largest absolute Gasteiger partial charge is 0.481 e. The van der Waals surface area contributed by atoms with Crippen LogP contribution in [0.25, 0.3) is 0 Å². The minimum atomic E-state index is -3.54. The van der Waals surface area contributed by atoms with Gasteiger partial charge < -0.3 is 15.3 Å². The van der Waals surface area contributed by atoms with Crippen LogP contribution in [0, 0.1) is 0 Å². The molecule has 1 aliphatic heterocycles. The number of nitrogens with one attached hydrogen (secondary N) is 1. The van der Waals surface area contributed by atoms with Gasteiger partial charge in [0, 0.05) is 38.3 Å². The third kappa shape index (κ3) is 4.76. The molecule has 0 unspecified atom stereocenters. The number of benzene rings is 1. The first-order valence-corrected chi connectivity index (χ1v) is 9.03. The van der Waals surface area contributed by atoms with Gasteiger partial charge in [0.2, 0.25) is 15.9 Å². The van der Waals surface area contributed by atoms with Crippen LogP contribution in [0.5, 0.6) is 0 Å². The molecule has 2 N–H and O–H groups in total. The van der Waals surface area contributed by atoms with Crippen molar-refractivity contribution in [3.05, 3.63) is 24.3 Å². The summed E-state index contributed by atoms with van der Waals surface area (Å²) in [7, 11) is -1.59. The van der Waals surface area contributed by atoms with Crippen molar-refractivity contribution < 1.29 is 23.1 Å². The second-order valence-corrected chi connectivity index (χ2v) is 7.61. The Hall–Kier alpha value is -1.97. The molecule has 1 aliphatic rings. The summed E-state index contributed by atoms with van der Waals surface area (Å²) < 4.78 is 26.6. The molecular weight excluding hydrogens is 334 g/mol. The van der Waals surface area contributed by atoms with E-state index in [0.29, 0.717) is 31.9 Å². The Labute approximate surface area is 141 Å². The summed E-state index contributed by atoms with van der Waals surface area (Å²) in [5, 5.41) is 11.1. The van der Waals surface area contributed by atoms with Gasteiger partial charge in [-0.15, -0.1) is 0 Å². The van der Waals surface area contributed by atoms with Gasteiger partial charge in [0.25, 0.3) is 0 Å². The number of hydrogen-bond donors (Lipinski definition) is 2. The highest BCUT2D eigenvalue weighted by Crippen LogP contribution is 2.19. The van der Waals surface area contributed by atoms with Crippen molar-refractivity contribution in [2.45, 2.75) is 17.7 Å². The quantitative estimate of drug-likeness (QED) is 0.766. The van der Waals surface area contributed by atoms with Gasteiger partial charge >= 0.3 is 5.97 Å². The Balaban J connectivity index is 2.00. The molecule has 2 rings (SSSR count). The second-order valence-electron chi connectivity index (χ2n) is 5.67. The fourth-order valence-corrected chi connectivity index (χ4v) is 3.75. The second kappa shape index (κ2) is 7.73. The Kier molecular flexibility index (Phi) is 5.92. The Morgan fingerprint density at radius 2 is 1.67 bits per heavy atom. The first-order chi connectivity index (χ1) is 11.3. The fraction of sp³-hybridized carbons (Fsp3) is 0.467. The number of carbonyl (C=O) groups is 2. The minimum absolute atomic E-state index is 0.128. The highest BCUT2D eigenvalue weighted by atomic mass is 32.2. The monoisotopic (exact) mass is 355 g/mol. The van der Waals surface area contributed by atoms with Crippen molar-refractivity contribution in [3.8, 4) is 0 Å². The zero-order chi connectivity index (χ0) is 17.7. The van der Waals surface area contributed by atoms with Crippen molar-refractivity contribution in [2.24, 2.45) is 0 Å². The summed E-state index contributed by atoms with van der Waals surface area (Å²) in [5.41, 5.74) is 0.433. The van der Waals surface area contributed by atoms with Gasteiger partial charge in [0.15, 0.2) is 0 Å². The van der Waals surface area contributed by atoms with Crippen LogP contribution in [0.15, 0.2) is 29.2 Å². The first kappa shape index (κ1) is 18.4. The lowest BCUT2D eigenvalue weighted by Gasteiger charge is -2.31. The molecule has 0 bridgehead atoms. The predicted molar refractivity (Wildman–Crippen MR) is 88.2 cm³/mol. The topological polar surface area (TPSA) is 107 Å². The van der Waals surface area contributed by atoms with Crippen molar-refractivity contribution in [3.63, 3.8) is 0 Å². The Bertz CT molecular complexity index is 694. The van der Waals surface area contributed by atoms with E-state index in [9.17, 15) is 18.0 Å². The molecule has 1 aromatic carbocycles. The number of sulfonamides is 1. The maximum Gasteiger partial charge on any atom is 0.303 e. The molecule has 0 aromatic heterocycles. The average molecular weight is 355 g/mol. The summed E-state index contributed by atoms with van der Waals surface area (Å²) in [4.78, 5) is 24.2. The number of piperazine rings is 1. The van der Waals surface area contributed by atoms with Gasteiger partial charge in [0.1, 0.15) is 0 Å². The zero-order valence-corrected chi connectivity index (χ0v) is 14.3. The molecule has 0 atom stereocenters. The number of likely N-dealkylation sites (N-methyl/N-ethyl adjacent to an activating group) is 1. The van der Waals surface area contributed by atoms with Crippen LogP contribution < -0.4 is 5.32 Å². The summed E-state index contributed by atoms with van der Waals surface area (Å²) in [6.45, 7) is 2.28. The molecule has 0 saturated carbocycles. The van der Waals surface area contributed by atoms with Gasteiger partial charge in [-0.2, -0.15) is 4.31 Å². The number of carbonyl (C=O) groups excluding carboxylic acids is 1. The molecule has 1 fully saturated rings. The number of amides is 1. The van der Waals surface area contributed by atoms with E-state index >= 15 is 0 Å². The standard InChI is InChI=1S/C15H21N3O5S/c1-17-8-10-18(11-9-17)24(22,23)13-4-2-12(3-5-13)16-14(19)6-7-15(20)21/h2-5H,6-11H2,1H3,(H,16,19)(H,20,21). The van der Waals surface area contributed by atoms with Gasteiger partial charge in [-0.1, -0.05) is 0 Å². The van der Waals surface area contributed by atoms with Crippen molar-refractivity contribution in [1.29, 1.82) is 0 Å². The molecule has 8 nitrogen and oxygen atoms in total. The van der Waals surface area contributed by atoms with E-state index in [-0.39, 0.29) is 17.7 Å². The molecule has 24 heavy (non-hydrogen) atoms. The molecule has 1 heterocycles. The highest BCUT2D eigenvalue weighted by molar-refractivity contribution is 7.89. The molecule has 132 valence electrons. The van der Waals surface area contributed by atoms with Gasteiger partial charge in [-0.3, -0.25) is 9.59 Å². The number of rotatable bonds is 6. The van der Waals surface area contributed by atoms with Crippen LogP contribution in [0.2, 0.25) is 0 Å². The van der Waals surface area contributed by atoms with E-state index < -0.39 is 21.9 Å².